The lowest BCUT2D eigenvalue weighted by atomic mass is 10.1. The van der Waals surface area contributed by atoms with Gasteiger partial charge in [0.05, 0.1) is 18.1 Å². The maximum absolute atomic E-state index is 12.0. The van der Waals surface area contributed by atoms with Gasteiger partial charge in [-0.05, 0) is 26.8 Å². The molecular formula is C13H15ClN2O3. The first-order chi connectivity index (χ1) is 8.76. The molecule has 0 saturated carbocycles. The fourth-order valence-electron chi connectivity index (χ4n) is 1.82. The fraction of sp³-hybridized carbons (Fsp3) is 0.462. The number of hydrogen-bond donors (Lipinski definition) is 0. The van der Waals surface area contributed by atoms with E-state index in [0.717, 1.165) is 0 Å². The van der Waals surface area contributed by atoms with E-state index in [9.17, 15) is 9.59 Å². The number of hydrogen-bond acceptors (Lipinski definition) is 4. The van der Waals surface area contributed by atoms with Gasteiger partial charge >= 0.3 is 6.09 Å². The maximum Gasteiger partial charge on any atom is 0.411 e. The molecule has 2 heterocycles. The SMILES string of the molecule is CC(C)(C)OC(=O)N1CC(=O)c2ncc(Cl)cc2C1. The van der Waals surface area contributed by atoms with Crippen LogP contribution < -0.4 is 0 Å². The van der Waals surface area contributed by atoms with Gasteiger partial charge in [-0.25, -0.2) is 4.79 Å². The zero-order chi connectivity index (χ0) is 14.2. The van der Waals surface area contributed by atoms with Crippen molar-refractivity contribution in [1.82, 2.24) is 9.88 Å². The standard InChI is InChI=1S/C13H15ClN2O3/c1-13(2,3)19-12(18)16-6-8-4-9(14)5-15-11(8)10(17)7-16/h4-5H,6-7H2,1-3H3. The number of aromatic nitrogens is 1. The molecule has 6 heteroatoms. The third-order valence-electron chi connectivity index (χ3n) is 2.54. The second-order valence-corrected chi connectivity index (χ2v) is 5.86. The van der Waals surface area contributed by atoms with Crippen molar-refractivity contribution >= 4 is 23.5 Å². The normalized spacial score (nSPS) is 15.2. The van der Waals surface area contributed by atoms with Gasteiger partial charge in [-0.3, -0.25) is 14.7 Å². The Morgan fingerprint density at radius 2 is 2.11 bits per heavy atom. The molecule has 1 amide bonds. The molecule has 0 atom stereocenters. The first-order valence-electron chi connectivity index (χ1n) is 5.92. The number of ether oxygens (including phenoxy) is 1. The summed E-state index contributed by atoms with van der Waals surface area (Å²) in [5, 5.41) is 0.442. The molecule has 0 saturated heterocycles. The van der Waals surface area contributed by atoms with Gasteiger partial charge in [0.2, 0.25) is 5.78 Å². The first kappa shape index (κ1) is 13.8. The molecule has 1 aliphatic rings. The van der Waals surface area contributed by atoms with Crippen LogP contribution in [0.5, 0.6) is 0 Å². The summed E-state index contributed by atoms with van der Waals surface area (Å²) in [6.45, 7) is 5.61. The molecule has 1 aliphatic heterocycles. The monoisotopic (exact) mass is 282 g/mol. The zero-order valence-corrected chi connectivity index (χ0v) is 11.8. The van der Waals surface area contributed by atoms with Crippen molar-refractivity contribution in [3.63, 3.8) is 0 Å². The number of halogens is 1. The minimum absolute atomic E-state index is 0.0173. The Kier molecular flexibility index (Phi) is 3.49. The number of fused-ring (bicyclic) bond motifs is 1. The Balaban J connectivity index is 2.21. The number of amides is 1. The van der Waals surface area contributed by atoms with Crippen molar-refractivity contribution in [3.05, 3.63) is 28.5 Å². The van der Waals surface area contributed by atoms with Crippen LogP contribution in [0, 0.1) is 0 Å². The van der Waals surface area contributed by atoms with Gasteiger partial charge in [0.25, 0.3) is 0 Å². The molecule has 0 N–H and O–H groups in total. The minimum atomic E-state index is -0.590. The van der Waals surface area contributed by atoms with Crippen molar-refractivity contribution < 1.29 is 14.3 Å². The lowest BCUT2D eigenvalue weighted by molar-refractivity contribution is 0.0219. The first-order valence-corrected chi connectivity index (χ1v) is 6.29. The highest BCUT2D eigenvalue weighted by Crippen LogP contribution is 2.22. The highest BCUT2D eigenvalue weighted by atomic mass is 35.5. The van der Waals surface area contributed by atoms with Gasteiger partial charge in [0.1, 0.15) is 11.3 Å². The fourth-order valence-corrected chi connectivity index (χ4v) is 2.00. The van der Waals surface area contributed by atoms with Crippen molar-refractivity contribution in [2.24, 2.45) is 0 Å². The van der Waals surface area contributed by atoms with E-state index in [-0.39, 0.29) is 18.9 Å². The summed E-state index contributed by atoms with van der Waals surface area (Å²) in [7, 11) is 0. The third-order valence-corrected chi connectivity index (χ3v) is 2.75. The minimum Gasteiger partial charge on any atom is -0.444 e. The van der Waals surface area contributed by atoms with Gasteiger partial charge < -0.3 is 4.74 Å². The third kappa shape index (κ3) is 3.23. The van der Waals surface area contributed by atoms with Gasteiger partial charge in [-0.1, -0.05) is 11.6 Å². The van der Waals surface area contributed by atoms with E-state index < -0.39 is 11.7 Å². The second kappa shape index (κ2) is 4.81. The lowest BCUT2D eigenvalue weighted by Gasteiger charge is -2.30. The van der Waals surface area contributed by atoms with Crippen LogP contribution in [0.3, 0.4) is 0 Å². The highest BCUT2D eigenvalue weighted by molar-refractivity contribution is 6.30. The van der Waals surface area contributed by atoms with Crippen molar-refractivity contribution in [1.29, 1.82) is 0 Å². The summed E-state index contributed by atoms with van der Waals surface area (Å²) in [5.41, 5.74) is 0.436. The number of carbonyl (C=O) groups is 2. The molecule has 19 heavy (non-hydrogen) atoms. The quantitative estimate of drug-likeness (QED) is 0.734. The summed E-state index contributed by atoms with van der Waals surface area (Å²) in [5.74, 6) is -0.205. The Bertz CT molecular complexity index is 537. The molecular weight excluding hydrogens is 268 g/mol. The Hall–Kier alpha value is -1.62. The number of Topliss-reactive ketones (excluding diaryl/α,β-unsaturated/α-hetero) is 1. The molecule has 1 aromatic heterocycles. The van der Waals surface area contributed by atoms with Crippen LogP contribution >= 0.6 is 11.6 Å². The van der Waals surface area contributed by atoms with Crippen LogP contribution in [0.4, 0.5) is 4.79 Å². The predicted octanol–water partition coefficient (Wildman–Crippen LogP) is 2.67. The number of nitrogens with zero attached hydrogens (tertiary/aromatic N) is 2. The van der Waals surface area contributed by atoms with E-state index in [1.807, 2.05) is 0 Å². The van der Waals surface area contributed by atoms with E-state index in [1.54, 1.807) is 26.8 Å². The van der Waals surface area contributed by atoms with Gasteiger partial charge in [-0.2, -0.15) is 0 Å². The summed E-state index contributed by atoms with van der Waals surface area (Å²) in [6.07, 6.45) is 0.924. The molecule has 0 fully saturated rings. The topological polar surface area (TPSA) is 59.5 Å². The molecule has 0 aliphatic carbocycles. The molecule has 0 bridgehead atoms. The Morgan fingerprint density at radius 3 is 2.74 bits per heavy atom. The number of pyridine rings is 1. The molecule has 2 rings (SSSR count). The van der Waals surface area contributed by atoms with E-state index in [2.05, 4.69) is 4.98 Å². The summed E-state index contributed by atoms with van der Waals surface area (Å²) >= 11 is 5.85. The predicted molar refractivity (Wildman–Crippen MR) is 70.2 cm³/mol. The largest absolute Gasteiger partial charge is 0.444 e. The molecule has 1 aromatic rings. The van der Waals surface area contributed by atoms with Gasteiger partial charge in [-0.15, -0.1) is 0 Å². The summed E-state index contributed by atoms with van der Waals surface area (Å²) in [6, 6.07) is 1.65. The van der Waals surface area contributed by atoms with Gasteiger partial charge in [0.15, 0.2) is 0 Å². The average Bonchev–Trinajstić information content (AvgIpc) is 2.25. The molecule has 0 aromatic carbocycles. The molecule has 0 spiro atoms. The van der Waals surface area contributed by atoms with E-state index in [0.29, 0.717) is 16.3 Å². The molecule has 5 nitrogen and oxygen atoms in total. The van der Waals surface area contributed by atoms with Crippen LogP contribution in [0.25, 0.3) is 0 Å². The maximum atomic E-state index is 12.0. The second-order valence-electron chi connectivity index (χ2n) is 5.42. The van der Waals surface area contributed by atoms with E-state index in [4.69, 9.17) is 16.3 Å². The smallest absolute Gasteiger partial charge is 0.411 e. The Labute approximate surface area is 116 Å². The molecule has 0 unspecified atom stereocenters. The van der Waals surface area contributed by atoms with E-state index in [1.165, 1.54) is 11.1 Å². The van der Waals surface area contributed by atoms with Gasteiger partial charge in [0, 0.05) is 11.8 Å². The van der Waals surface area contributed by atoms with Crippen LogP contribution in [0.1, 0.15) is 36.8 Å². The molecule has 0 radical (unpaired) electrons. The number of carbonyl (C=O) groups excluding carboxylic acids is 2. The lowest BCUT2D eigenvalue weighted by Crippen LogP contribution is -2.42. The Morgan fingerprint density at radius 1 is 1.42 bits per heavy atom. The van der Waals surface area contributed by atoms with Crippen LogP contribution in [0.2, 0.25) is 5.02 Å². The number of rotatable bonds is 0. The van der Waals surface area contributed by atoms with Crippen molar-refractivity contribution in [2.75, 3.05) is 6.54 Å². The van der Waals surface area contributed by atoms with Crippen LogP contribution in [0.15, 0.2) is 12.3 Å². The number of ketones is 1. The van der Waals surface area contributed by atoms with Crippen LogP contribution in [-0.2, 0) is 11.3 Å². The highest BCUT2D eigenvalue weighted by Gasteiger charge is 2.30. The van der Waals surface area contributed by atoms with Crippen LogP contribution in [-0.4, -0.2) is 33.9 Å². The van der Waals surface area contributed by atoms with E-state index >= 15 is 0 Å². The average molecular weight is 283 g/mol. The van der Waals surface area contributed by atoms with Crippen molar-refractivity contribution in [3.8, 4) is 0 Å². The summed E-state index contributed by atoms with van der Waals surface area (Å²) < 4.78 is 5.25. The summed E-state index contributed by atoms with van der Waals surface area (Å²) in [4.78, 5) is 29.2. The van der Waals surface area contributed by atoms with Crippen molar-refractivity contribution in [2.45, 2.75) is 32.9 Å². The zero-order valence-electron chi connectivity index (χ0n) is 11.1. The molecule has 102 valence electrons.